The molecule has 2 unspecified atom stereocenters. The lowest BCUT2D eigenvalue weighted by molar-refractivity contribution is -0.178. The van der Waals surface area contributed by atoms with Crippen molar-refractivity contribution < 1.29 is 19.8 Å². The molecular weight excluding hydrogens is 390 g/mol. The van der Waals surface area contributed by atoms with Crippen molar-refractivity contribution in [2.75, 3.05) is 19.7 Å². The number of morpholine rings is 1. The van der Waals surface area contributed by atoms with Crippen LogP contribution in [0.15, 0.2) is 84.9 Å². The standard InChI is InChI=1S/C14H19NO4.C12H10/c1-10(13-9-15(18)6-7-19-13)8-11-2-4-12(5-3-11)14(16)17;1-3-7-11(8-4-1)12-9-5-2-6-10-12/h2-5,10,13,18H,6-9H2,1H3,(H,16,17);1-10H. The largest absolute Gasteiger partial charge is 0.478 e. The van der Waals surface area contributed by atoms with E-state index in [1.165, 1.54) is 16.2 Å². The molecule has 0 spiro atoms. The van der Waals surface area contributed by atoms with Gasteiger partial charge in [-0.3, -0.25) is 0 Å². The highest BCUT2D eigenvalue weighted by atomic mass is 16.5. The average molecular weight is 420 g/mol. The third-order valence-electron chi connectivity index (χ3n) is 5.35. The van der Waals surface area contributed by atoms with Crippen LogP contribution >= 0.6 is 0 Å². The van der Waals surface area contributed by atoms with Crippen molar-refractivity contribution in [2.45, 2.75) is 19.4 Å². The van der Waals surface area contributed by atoms with Crippen LogP contribution in [0.2, 0.25) is 0 Å². The molecule has 0 radical (unpaired) electrons. The minimum Gasteiger partial charge on any atom is -0.478 e. The molecule has 4 rings (SSSR count). The van der Waals surface area contributed by atoms with E-state index in [0.717, 1.165) is 12.0 Å². The number of carboxylic acids is 1. The molecule has 1 saturated heterocycles. The van der Waals surface area contributed by atoms with E-state index in [1.54, 1.807) is 12.1 Å². The minimum atomic E-state index is -0.911. The van der Waals surface area contributed by atoms with Crippen molar-refractivity contribution in [3.05, 3.63) is 96.1 Å². The van der Waals surface area contributed by atoms with Gasteiger partial charge >= 0.3 is 5.97 Å². The van der Waals surface area contributed by atoms with Gasteiger partial charge in [0.25, 0.3) is 0 Å². The fraction of sp³-hybridized carbons (Fsp3) is 0.269. The second-order valence-corrected chi connectivity index (χ2v) is 7.74. The molecule has 5 nitrogen and oxygen atoms in total. The highest BCUT2D eigenvalue weighted by molar-refractivity contribution is 5.87. The van der Waals surface area contributed by atoms with Crippen molar-refractivity contribution in [2.24, 2.45) is 5.92 Å². The number of benzene rings is 3. The Labute approximate surface area is 183 Å². The van der Waals surface area contributed by atoms with Crippen molar-refractivity contribution in [1.82, 2.24) is 5.06 Å². The monoisotopic (exact) mass is 419 g/mol. The Morgan fingerprint density at radius 1 is 0.968 bits per heavy atom. The summed E-state index contributed by atoms with van der Waals surface area (Å²) in [7, 11) is 0. The number of nitrogens with zero attached hydrogens (tertiary/aromatic N) is 1. The quantitative estimate of drug-likeness (QED) is 0.609. The van der Waals surface area contributed by atoms with Crippen molar-refractivity contribution >= 4 is 5.97 Å². The Hall–Kier alpha value is -2.99. The number of carboxylic acid groups (broad SMARTS) is 1. The Balaban J connectivity index is 0.000000194. The van der Waals surface area contributed by atoms with Crippen molar-refractivity contribution in [1.29, 1.82) is 0 Å². The molecule has 31 heavy (non-hydrogen) atoms. The Kier molecular flexibility index (Phi) is 8.35. The van der Waals surface area contributed by atoms with E-state index in [4.69, 9.17) is 9.84 Å². The van der Waals surface area contributed by atoms with Crippen molar-refractivity contribution in [3.8, 4) is 11.1 Å². The maximum atomic E-state index is 10.8. The van der Waals surface area contributed by atoms with Crippen LogP contribution in [-0.2, 0) is 11.2 Å². The number of rotatable bonds is 5. The summed E-state index contributed by atoms with van der Waals surface area (Å²) in [5.41, 5.74) is 3.93. The van der Waals surface area contributed by atoms with Crippen LogP contribution in [0.25, 0.3) is 11.1 Å². The van der Waals surface area contributed by atoms with Gasteiger partial charge < -0.3 is 15.1 Å². The van der Waals surface area contributed by atoms with E-state index >= 15 is 0 Å². The van der Waals surface area contributed by atoms with Gasteiger partial charge in [-0.2, -0.15) is 5.06 Å². The zero-order valence-corrected chi connectivity index (χ0v) is 17.7. The number of ether oxygens (including phenoxy) is 1. The van der Waals surface area contributed by atoms with E-state index in [2.05, 4.69) is 55.5 Å². The lowest BCUT2D eigenvalue weighted by Crippen LogP contribution is -2.43. The molecular formula is C26H29NO4. The van der Waals surface area contributed by atoms with Crippen LogP contribution in [0.5, 0.6) is 0 Å². The third-order valence-corrected chi connectivity index (χ3v) is 5.35. The van der Waals surface area contributed by atoms with Gasteiger partial charge in [-0.15, -0.1) is 0 Å². The number of hydroxylamine groups is 2. The highest BCUT2D eigenvalue weighted by Gasteiger charge is 2.24. The molecule has 2 atom stereocenters. The molecule has 0 aromatic heterocycles. The number of carbonyl (C=O) groups is 1. The van der Waals surface area contributed by atoms with Gasteiger partial charge in [0.05, 0.1) is 24.8 Å². The first-order valence-electron chi connectivity index (χ1n) is 10.5. The first-order chi connectivity index (χ1) is 15.0. The molecule has 1 aliphatic rings. The van der Waals surface area contributed by atoms with Crippen LogP contribution in [0, 0.1) is 5.92 Å². The predicted octanol–water partition coefficient (Wildman–Crippen LogP) is 5.01. The van der Waals surface area contributed by atoms with Gasteiger partial charge in [0, 0.05) is 6.54 Å². The summed E-state index contributed by atoms with van der Waals surface area (Å²) in [6.07, 6.45) is 0.816. The Bertz CT molecular complexity index is 891. The predicted molar refractivity (Wildman–Crippen MR) is 121 cm³/mol. The lowest BCUT2D eigenvalue weighted by Gasteiger charge is -2.32. The average Bonchev–Trinajstić information content (AvgIpc) is 2.81. The first-order valence-corrected chi connectivity index (χ1v) is 10.5. The summed E-state index contributed by atoms with van der Waals surface area (Å²) in [4.78, 5) is 10.8. The van der Waals surface area contributed by atoms with Gasteiger partial charge in [-0.1, -0.05) is 79.7 Å². The van der Waals surface area contributed by atoms with Crippen LogP contribution in [0.4, 0.5) is 0 Å². The second kappa shape index (κ2) is 11.4. The fourth-order valence-electron chi connectivity index (χ4n) is 3.55. The van der Waals surface area contributed by atoms with E-state index in [0.29, 0.717) is 25.3 Å². The third kappa shape index (κ3) is 7.03. The second-order valence-electron chi connectivity index (χ2n) is 7.74. The number of hydrogen-bond donors (Lipinski definition) is 2. The SMILES string of the molecule is CC(Cc1ccc(C(=O)O)cc1)C1CN(O)CCO1.c1ccc(-c2ccccc2)cc1. The summed E-state index contributed by atoms with van der Waals surface area (Å²) >= 11 is 0. The Morgan fingerprint density at radius 3 is 2.00 bits per heavy atom. The van der Waals surface area contributed by atoms with Gasteiger partial charge in [-0.05, 0) is 41.2 Å². The lowest BCUT2D eigenvalue weighted by atomic mass is 9.94. The van der Waals surface area contributed by atoms with Crippen LogP contribution in [0.1, 0.15) is 22.8 Å². The van der Waals surface area contributed by atoms with Crippen LogP contribution < -0.4 is 0 Å². The van der Waals surface area contributed by atoms with E-state index in [-0.39, 0.29) is 12.0 Å². The normalized spacial score (nSPS) is 17.3. The highest BCUT2D eigenvalue weighted by Crippen LogP contribution is 2.19. The maximum absolute atomic E-state index is 10.8. The summed E-state index contributed by atoms with van der Waals surface area (Å²) in [5.74, 6) is -0.642. The molecule has 2 N–H and O–H groups in total. The van der Waals surface area contributed by atoms with Crippen LogP contribution in [0.3, 0.4) is 0 Å². The molecule has 0 amide bonds. The maximum Gasteiger partial charge on any atom is 0.335 e. The fourth-order valence-corrected chi connectivity index (χ4v) is 3.55. The van der Waals surface area contributed by atoms with Gasteiger partial charge in [0.2, 0.25) is 0 Å². The molecule has 0 bridgehead atoms. The van der Waals surface area contributed by atoms with Gasteiger partial charge in [0.1, 0.15) is 0 Å². The number of hydrogen-bond acceptors (Lipinski definition) is 4. The van der Waals surface area contributed by atoms with Crippen molar-refractivity contribution in [3.63, 3.8) is 0 Å². The zero-order valence-electron chi connectivity index (χ0n) is 17.7. The molecule has 0 saturated carbocycles. The smallest absolute Gasteiger partial charge is 0.335 e. The summed E-state index contributed by atoms with van der Waals surface area (Å²) in [6.45, 7) is 3.70. The summed E-state index contributed by atoms with van der Waals surface area (Å²) < 4.78 is 5.65. The summed E-state index contributed by atoms with van der Waals surface area (Å²) in [5, 5.41) is 19.6. The molecule has 1 fully saturated rings. The molecule has 1 aliphatic heterocycles. The molecule has 3 aromatic rings. The Morgan fingerprint density at radius 2 is 1.52 bits per heavy atom. The molecule has 5 heteroatoms. The topological polar surface area (TPSA) is 70.0 Å². The van der Waals surface area contributed by atoms with E-state index < -0.39 is 5.97 Å². The van der Waals surface area contributed by atoms with E-state index in [1.807, 2.05) is 24.3 Å². The minimum absolute atomic E-state index is 0.0119. The van der Waals surface area contributed by atoms with Gasteiger partial charge in [-0.25, -0.2) is 4.79 Å². The first kappa shape index (κ1) is 22.7. The molecule has 3 aromatic carbocycles. The van der Waals surface area contributed by atoms with Gasteiger partial charge in [0.15, 0.2) is 0 Å². The van der Waals surface area contributed by atoms with Crippen LogP contribution in [-0.4, -0.2) is 47.1 Å². The molecule has 0 aliphatic carbocycles. The number of aromatic carboxylic acids is 1. The summed E-state index contributed by atoms with van der Waals surface area (Å²) in [6, 6.07) is 27.7. The zero-order chi connectivity index (χ0) is 22.1. The van der Waals surface area contributed by atoms with E-state index in [9.17, 15) is 10.0 Å². The molecule has 1 heterocycles. The molecule has 162 valence electrons.